The minimum Gasteiger partial charge on any atom is -0.496 e. The number of halogens is 4. The summed E-state index contributed by atoms with van der Waals surface area (Å²) in [4.78, 5) is 13.0. The largest absolute Gasteiger partial charge is 0.496 e. The van der Waals surface area contributed by atoms with E-state index in [-0.39, 0.29) is 17.0 Å². The standard InChI is InChI=1S/C24H22ClF3N2O4S/c1-15-12-18(9-11-22(15)34-2)35(32,33)30-21(13-16-6-4-3-5-7-16)23(31)29-17-8-10-20(25)19(14-17)24(26,27)28/h3-12,14,21,30H,13H2,1-2H3,(H,29,31). The third kappa shape index (κ3) is 6.74. The average molecular weight is 527 g/mol. The quantitative estimate of drug-likeness (QED) is 0.422. The van der Waals surface area contributed by atoms with Crippen LogP contribution in [0.25, 0.3) is 0 Å². The number of carbonyl (C=O) groups excluding carboxylic acids is 1. The molecule has 0 aliphatic heterocycles. The molecule has 0 aliphatic rings. The Balaban J connectivity index is 1.91. The number of hydrogen-bond donors (Lipinski definition) is 2. The van der Waals surface area contributed by atoms with E-state index < -0.39 is 38.7 Å². The van der Waals surface area contributed by atoms with Crippen molar-refractivity contribution < 1.29 is 31.1 Å². The molecule has 186 valence electrons. The molecule has 2 N–H and O–H groups in total. The summed E-state index contributed by atoms with van der Waals surface area (Å²) in [5.74, 6) is -0.344. The maximum atomic E-state index is 13.2. The van der Waals surface area contributed by atoms with E-state index in [0.29, 0.717) is 22.9 Å². The van der Waals surface area contributed by atoms with E-state index >= 15 is 0 Å². The fourth-order valence-corrected chi connectivity index (χ4v) is 4.87. The van der Waals surface area contributed by atoms with Crippen LogP contribution in [0.15, 0.2) is 71.6 Å². The van der Waals surface area contributed by atoms with E-state index in [9.17, 15) is 26.4 Å². The molecule has 0 heterocycles. The lowest BCUT2D eigenvalue weighted by Crippen LogP contribution is -2.45. The zero-order valence-electron chi connectivity index (χ0n) is 18.7. The minimum absolute atomic E-state index is 0.0409. The first-order chi connectivity index (χ1) is 16.4. The molecule has 0 radical (unpaired) electrons. The van der Waals surface area contributed by atoms with Crippen LogP contribution in [0, 0.1) is 6.92 Å². The Hall–Kier alpha value is -3.08. The minimum atomic E-state index is -4.73. The smallest absolute Gasteiger partial charge is 0.417 e. The van der Waals surface area contributed by atoms with E-state index in [1.54, 1.807) is 37.3 Å². The Labute approximate surface area is 206 Å². The van der Waals surface area contributed by atoms with E-state index in [2.05, 4.69) is 10.0 Å². The highest BCUT2D eigenvalue weighted by Gasteiger charge is 2.34. The number of carbonyl (C=O) groups is 1. The summed E-state index contributed by atoms with van der Waals surface area (Å²) in [5, 5.41) is 1.84. The van der Waals surface area contributed by atoms with Crippen molar-refractivity contribution in [2.24, 2.45) is 0 Å². The van der Waals surface area contributed by atoms with Crippen LogP contribution in [-0.2, 0) is 27.4 Å². The van der Waals surface area contributed by atoms with Gasteiger partial charge in [0.25, 0.3) is 0 Å². The van der Waals surface area contributed by atoms with Crippen LogP contribution in [-0.4, -0.2) is 27.5 Å². The van der Waals surface area contributed by atoms with E-state index in [1.165, 1.54) is 31.4 Å². The van der Waals surface area contributed by atoms with Crippen molar-refractivity contribution in [1.82, 2.24) is 4.72 Å². The molecule has 0 aliphatic carbocycles. The monoisotopic (exact) mass is 526 g/mol. The first-order valence-electron chi connectivity index (χ1n) is 10.3. The lowest BCUT2D eigenvalue weighted by molar-refractivity contribution is -0.137. The normalized spacial score (nSPS) is 12.7. The van der Waals surface area contributed by atoms with Crippen molar-refractivity contribution in [2.75, 3.05) is 12.4 Å². The number of amides is 1. The predicted octanol–water partition coefficient (Wildman–Crippen LogP) is 5.20. The summed E-state index contributed by atoms with van der Waals surface area (Å²) >= 11 is 5.64. The molecule has 11 heteroatoms. The summed E-state index contributed by atoms with van der Waals surface area (Å²) in [5.41, 5.74) is -0.0798. The van der Waals surface area contributed by atoms with Gasteiger partial charge >= 0.3 is 6.18 Å². The van der Waals surface area contributed by atoms with Crippen LogP contribution < -0.4 is 14.8 Å². The lowest BCUT2D eigenvalue weighted by Gasteiger charge is -2.20. The third-order valence-electron chi connectivity index (χ3n) is 5.11. The Morgan fingerprint density at radius 3 is 2.34 bits per heavy atom. The maximum absolute atomic E-state index is 13.2. The van der Waals surface area contributed by atoms with Crippen LogP contribution in [0.1, 0.15) is 16.7 Å². The second kappa shape index (κ2) is 10.7. The number of hydrogen-bond acceptors (Lipinski definition) is 4. The van der Waals surface area contributed by atoms with Gasteiger partial charge in [-0.05, 0) is 60.9 Å². The van der Waals surface area contributed by atoms with Crippen molar-refractivity contribution in [3.8, 4) is 5.75 Å². The van der Waals surface area contributed by atoms with Gasteiger partial charge in [-0.2, -0.15) is 17.9 Å². The molecule has 1 atom stereocenters. The van der Waals surface area contributed by atoms with Crippen molar-refractivity contribution in [3.05, 3.63) is 88.4 Å². The fraction of sp³-hybridized carbons (Fsp3) is 0.208. The molecule has 6 nitrogen and oxygen atoms in total. The fourth-order valence-electron chi connectivity index (χ4n) is 3.36. The van der Waals surface area contributed by atoms with Gasteiger partial charge < -0.3 is 10.1 Å². The van der Waals surface area contributed by atoms with Gasteiger partial charge in [0.05, 0.1) is 22.6 Å². The highest BCUT2D eigenvalue weighted by atomic mass is 35.5. The summed E-state index contributed by atoms with van der Waals surface area (Å²) in [7, 11) is -2.72. The Kier molecular flexibility index (Phi) is 8.09. The number of ether oxygens (including phenoxy) is 1. The molecular weight excluding hydrogens is 505 g/mol. The number of methoxy groups -OCH3 is 1. The van der Waals surface area contributed by atoms with Gasteiger partial charge in [0.2, 0.25) is 15.9 Å². The molecule has 1 amide bonds. The van der Waals surface area contributed by atoms with Crippen molar-refractivity contribution in [1.29, 1.82) is 0 Å². The van der Waals surface area contributed by atoms with Gasteiger partial charge in [-0.15, -0.1) is 0 Å². The molecule has 3 aromatic rings. The molecule has 0 bridgehead atoms. The van der Waals surface area contributed by atoms with Crippen molar-refractivity contribution >= 4 is 33.2 Å². The summed E-state index contributed by atoms with van der Waals surface area (Å²) < 4.78 is 73.3. The molecule has 0 aromatic heterocycles. The maximum Gasteiger partial charge on any atom is 0.417 e. The number of alkyl halides is 3. The summed E-state index contributed by atoms with van der Waals surface area (Å²) in [6.07, 6.45) is -4.77. The molecule has 3 aromatic carbocycles. The molecule has 0 saturated heterocycles. The predicted molar refractivity (Wildman–Crippen MR) is 127 cm³/mol. The van der Waals surface area contributed by atoms with Gasteiger partial charge in [-0.25, -0.2) is 8.42 Å². The Bertz CT molecular complexity index is 1320. The lowest BCUT2D eigenvalue weighted by atomic mass is 10.1. The number of anilines is 1. The highest BCUT2D eigenvalue weighted by Crippen LogP contribution is 2.36. The van der Waals surface area contributed by atoms with Gasteiger partial charge in [0.15, 0.2) is 0 Å². The van der Waals surface area contributed by atoms with E-state index in [0.717, 1.165) is 6.07 Å². The molecule has 1 unspecified atom stereocenters. The molecule has 0 fully saturated rings. The zero-order chi connectivity index (χ0) is 25.8. The molecule has 35 heavy (non-hydrogen) atoms. The van der Waals surface area contributed by atoms with Crippen molar-refractivity contribution in [2.45, 2.75) is 30.5 Å². The highest BCUT2D eigenvalue weighted by molar-refractivity contribution is 7.89. The van der Waals surface area contributed by atoms with E-state index in [1.807, 2.05) is 0 Å². The number of nitrogens with one attached hydrogen (secondary N) is 2. The number of sulfonamides is 1. The van der Waals surface area contributed by atoms with Crippen LogP contribution in [0.5, 0.6) is 5.75 Å². The third-order valence-corrected chi connectivity index (χ3v) is 6.91. The number of benzene rings is 3. The average Bonchev–Trinajstić information content (AvgIpc) is 2.79. The second-order valence-corrected chi connectivity index (χ2v) is 9.80. The van der Waals surface area contributed by atoms with Crippen LogP contribution >= 0.6 is 11.6 Å². The first-order valence-corrected chi connectivity index (χ1v) is 12.2. The zero-order valence-corrected chi connectivity index (χ0v) is 20.3. The molecular formula is C24H22ClF3N2O4S. The molecule has 3 rings (SSSR count). The Morgan fingerprint density at radius 1 is 1.06 bits per heavy atom. The van der Waals surface area contributed by atoms with Gasteiger partial charge in [-0.3, -0.25) is 4.79 Å². The van der Waals surface area contributed by atoms with Crippen LogP contribution in [0.2, 0.25) is 5.02 Å². The topological polar surface area (TPSA) is 84.5 Å². The van der Waals surface area contributed by atoms with Gasteiger partial charge in [0, 0.05) is 5.69 Å². The summed E-state index contributed by atoms with van der Waals surface area (Å²) in [6, 6.07) is 14.4. The van der Waals surface area contributed by atoms with Crippen LogP contribution in [0.4, 0.5) is 18.9 Å². The summed E-state index contributed by atoms with van der Waals surface area (Å²) in [6.45, 7) is 1.67. The van der Waals surface area contributed by atoms with Gasteiger partial charge in [0.1, 0.15) is 11.8 Å². The molecule has 0 saturated carbocycles. The second-order valence-electron chi connectivity index (χ2n) is 7.68. The number of rotatable bonds is 8. The van der Waals surface area contributed by atoms with Gasteiger partial charge in [-0.1, -0.05) is 41.9 Å². The van der Waals surface area contributed by atoms with Crippen molar-refractivity contribution in [3.63, 3.8) is 0 Å². The molecule has 0 spiro atoms. The first kappa shape index (κ1) is 26.5. The number of aryl methyl sites for hydroxylation is 1. The Morgan fingerprint density at radius 2 is 1.74 bits per heavy atom. The van der Waals surface area contributed by atoms with Crippen LogP contribution in [0.3, 0.4) is 0 Å². The SMILES string of the molecule is COc1ccc(S(=O)(=O)NC(Cc2ccccc2)C(=O)Nc2ccc(Cl)c(C(F)(F)F)c2)cc1C. The van der Waals surface area contributed by atoms with E-state index in [4.69, 9.17) is 16.3 Å².